The first-order valence-electron chi connectivity index (χ1n) is 8.16. The zero-order valence-electron chi connectivity index (χ0n) is 16.0. The number of hydrogen-bond acceptors (Lipinski definition) is 9. The van der Waals surface area contributed by atoms with E-state index < -0.39 is 10.8 Å². The van der Waals surface area contributed by atoms with Gasteiger partial charge in [-0.05, 0) is 12.1 Å². The molecule has 1 heterocycles. The molecule has 11 heteroatoms. The molecule has 1 aromatic heterocycles. The van der Waals surface area contributed by atoms with Gasteiger partial charge in [0.05, 0.1) is 44.1 Å². The van der Waals surface area contributed by atoms with Gasteiger partial charge in [-0.3, -0.25) is 20.2 Å². The van der Waals surface area contributed by atoms with Crippen molar-refractivity contribution in [1.82, 2.24) is 4.98 Å². The second kappa shape index (κ2) is 8.19. The standard InChI is InChI=1S/C18H17N3O7S/c1-25-11-7-10(21(23)24)8-14-15(11)19-18(29-14)20-17(22)9-5-12(26-2)16(28-4)13(6-9)27-3/h5-8H,1-4H3,(H,19,20,22). The summed E-state index contributed by atoms with van der Waals surface area (Å²) in [6.07, 6.45) is 0. The second-order valence-electron chi connectivity index (χ2n) is 5.64. The normalized spacial score (nSPS) is 10.5. The minimum absolute atomic E-state index is 0.125. The molecule has 3 rings (SSSR count). The third kappa shape index (κ3) is 3.85. The van der Waals surface area contributed by atoms with Crippen molar-refractivity contribution in [3.8, 4) is 23.0 Å². The number of nitro benzene ring substituents is 1. The van der Waals surface area contributed by atoms with Crippen LogP contribution in [0.2, 0.25) is 0 Å². The van der Waals surface area contributed by atoms with Gasteiger partial charge in [-0.1, -0.05) is 11.3 Å². The summed E-state index contributed by atoms with van der Waals surface area (Å²) in [6, 6.07) is 5.68. The zero-order chi connectivity index (χ0) is 21.1. The van der Waals surface area contributed by atoms with Gasteiger partial charge in [-0.25, -0.2) is 4.98 Å². The maximum absolute atomic E-state index is 12.7. The van der Waals surface area contributed by atoms with Crippen molar-refractivity contribution in [2.45, 2.75) is 0 Å². The molecule has 0 aliphatic rings. The molecule has 1 N–H and O–H groups in total. The Morgan fingerprint density at radius 2 is 1.62 bits per heavy atom. The van der Waals surface area contributed by atoms with E-state index in [0.29, 0.717) is 27.5 Å². The molecule has 10 nitrogen and oxygen atoms in total. The predicted octanol–water partition coefficient (Wildman–Crippen LogP) is 3.49. The summed E-state index contributed by atoms with van der Waals surface area (Å²) in [5.74, 6) is 0.816. The number of amides is 1. The van der Waals surface area contributed by atoms with E-state index in [0.717, 1.165) is 11.3 Å². The van der Waals surface area contributed by atoms with E-state index in [2.05, 4.69) is 10.3 Å². The van der Waals surface area contributed by atoms with Crippen LogP contribution in [0.15, 0.2) is 24.3 Å². The van der Waals surface area contributed by atoms with Gasteiger partial charge in [0.2, 0.25) is 5.75 Å². The van der Waals surface area contributed by atoms with Crippen LogP contribution < -0.4 is 24.3 Å². The minimum atomic E-state index is -0.518. The van der Waals surface area contributed by atoms with Crippen LogP contribution in [0.4, 0.5) is 10.8 Å². The molecule has 0 aliphatic heterocycles. The van der Waals surface area contributed by atoms with Gasteiger partial charge >= 0.3 is 0 Å². The fourth-order valence-corrected chi connectivity index (χ4v) is 3.59. The molecular weight excluding hydrogens is 402 g/mol. The number of benzene rings is 2. The molecule has 3 aromatic rings. The highest BCUT2D eigenvalue weighted by Crippen LogP contribution is 2.39. The summed E-state index contributed by atoms with van der Waals surface area (Å²) in [5, 5.41) is 14.0. The molecule has 152 valence electrons. The zero-order valence-corrected chi connectivity index (χ0v) is 16.8. The fourth-order valence-electron chi connectivity index (χ4n) is 2.68. The molecule has 0 fully saturated rings. The quantitative estimate of drug-likeness (QED) is 0.456. The topological polar surface area (TPSA) is 122 Å². The molecule has 0 bridgehead atoms. The average Bonchev–Trinajstić information content (AvgIpc) is 3.13. The lowest BCUT2D eigenvalue weighted by Crippen LogP contribution is -2.12. The van der Waals surface area contributed by atoms with Crippen LogP contribution in [-0.4, -0.2) is 44.3 Å². The lowest BCUT2D eigenvalue weighted by molar-refractivity contribution is -0.384. The first kappa shape index (κ1) is 20.1. The monoisotopic (exact) mass is 419 g/mol. The van der Waals surface area contributed by atoms with Crippen LogP contribution >= 0.6 is 11.3 Å². The van der Waals surface area contributed by atoms with Gasteiger partial charge in [-0.2, -0.15) is 0 Å². The van der Waals surface area contributed by atoms with Crippen molar-refractivity contribution in [2.24, 2.45) is 0 Å². The Kier molecular flexibility index (Phi) is 5.69. The minimum Gasteiger partial charge on any atom is -0.494 e. The first-order valence-corrected chi connectivity index (χ1v) is 8.97. The summed E-state index contributed by atoms with van der Waals surface area (Å²) < 4.78 is 21.5. The summed E-state index contributed by atoms with van der Waals surface area (Å²) in [7, 11) is 5.76. The number of fused-ring (bicyclic) bond motifs is 1. The maximum Gasteiger partial charge on any atom is 0.274 e. The Balaban J connectivity index is 1.97. The summed E-state index contributed by atoms with van der Waals surface area (Å²) in [4.78, 5) is 27.6. The number of nitro groups is 1. The van der Waals surface area contributed by atoms with Crippen LogP contribution in [0.3, 0.4) is 0 Å². The number of methoxy groups -OCH3 is 4. The molecule has 0 radical (unpaired) electrons. The second-order valence-corrected chi connectivity index (χ2v) is 6.67. The van der Waals surface area contributed by atoms with E-state index in [1.54, 1.807) is 0 Å². The van der Waals surface area contributed by atoms with E-state index in [4.69, 9.17) is 18.9 Å². The Morgan fingerprint density at radius 3 is 2.14 bits per heavy atom. The average molecular weight is 419 g/mol. The molecule has 0 saturated carbocycles. The molecule has 2 aromatic carbocycles. The van der Waals surface area contributed by atoms with E-state index in [9.17, 15) is 14.9 Å². The number of carbonyl (C=O) groups is 1. The van der Waals surface area contributed by atoms with Gasteiger partial charge < -0.3 is 18.9 Å². The summed E-state index contributed by atoms with van der Waals surface area (Å²) in [6.45, 7) is 0. The predicted molar refractivity (Wildman–Crippen MR) is 107 cm³/mol. The highest BCUT2D eigenvalue weighted by atomic mass is 32.1. The van der Waals surface area contributed by atoms with Gasteiger partial charge in [0.15, 0.2) is 22.4 Å². The van der Waals surface area contributed by atoms with Gasteiger partial charge in [0.25, 0.3) is 11.6 Å². The molecule has 0 aliphatic carbocycles. The van der Waals surface area contributed by atoms with Gasteiger partial charge in [0.1, 0.15) is 5.52 Å². The molecule has 1 amide bonds. The molecule has 0 spiro atoms. The Bertz CT molecular complexity index is 1070. The largest absolute Gasteiger partial charge is 0.494 e. The SMILES string of the molecule is COc1cc(C(=O)Nc2nc3c(OC)cc([N+](=O)[O-])cc3s2)cc(OC)c1OC. The number of carbonyl (C=O) groups excluding carboxylic acids is 1. The van der Waals surface area contributed by atoms with Crippen LogP contribution in [0.25, 0.3) is 10.2 Å². The third-order valence-corrected chi connectivity index (χ3v) is 4.94. The van der Waals surface area contributed by atoms with Crippen LogP contribution in [0.5, 0.6) is 23.0 Å². The summed E-state index contributed by atoms with van der Waals surface area (Å²) in [5.41, 5.74) is 0.556. The number of hydrogen-bond donors (Lipinski definition) is 1. The first-order chi connectivity index (χ1) is 13.9. The molecule has 0 atom stereocenters. The Labute approximate surface area is 169 Å². The van der Waals surface area contributed by atoms with Crippen molar-refractivity contribution in [2.75, 3.05) is 33.8 Å². The number of anilines is 1. The van der Waals surface area contributed by atoms with E-state index in [1.165, 1.54) is 52.7 Å². The number of ether oxygens (including phenoxy) is 4. The maximum atomic E-state index is 12.7. The van der Waals surface area contributed by atoms with Gasteiger partial charge in [-0.15, -0.1) is 0 Å². The highest BCUT2D eigenvalue weighted by Gasteiger charge is 2.20. The number of non-ortho nitro benzene ring substituents is 1. The summed E-state index contributed by atoms with van der Waals surface area (Å²) >= 11 is 1.09. The number of nitrogens with zero attached hydrogens (tertiary/aromatic N) is 2. The van der Waals surface area contributed by atoms with Crippen LogP contribution in [0, 0.1) is 10.1 Å². The Morgan fingerprint density at radius 1 is 1.00 bits per heavy atom. The van der Waals surface area contributed by atoms with Crippen molar-refractivity contribution in [1.29, 1.82) is 0 Å². The van der Waals surface area contributed by atoms with Crippen molar-refractivity contribution >= 4 is 38.3 Å². The number of aromatic nitrogens is 1. The number of rotatable bonds is 7. The van der Waals surface area contributed by atoms with Crippen molar-refractivity contribution in [3.63, 3.8) is 0 Å². The highest BCUT2D eigenvalue weighted by molar-refractivity contribution is 7.22. The van der Waals surface area contributed by atoms with E-state index in [-0.39, 0.29) is 22.1 Å². The molecule has 0 unspecified atom stereocenters. The third-order valence-electron chi connectivity index (χ3n) is 4.02. The smallest absolute Gasteiger partial charge is 0.274 e. The fraction of sp³-hybridized carbons (Fsp3) is 0.222. The lowest BCUT2D eigenvalue weighted by Gasteiger charge is -2.13. The lowest BCUT2D eigenvalue weighted by atomic mass is 10.1. The van der Waals surface area contributed by atoms with Crippen LogP contribution in [0.1, 0.15) is 10.4 Å². The molecule has 0 saturated heterocycles. The molecule has 29 heavy (non-hydrogen) atoms. The molecular formula is C18H17N3O7S. The van der Waals surface area contributed by atoms with Crippen LogP contribution in [-0.2, 0) is 0 Å². The van der Waals surface area contributed by atoms with E-state index >= 15 is 0 Å². The van der Waals surface area contributed by atoms with E-state index in [1.807, 2.05) is 0 Å². The Hall–Kier alpha value is -3.60. The van der Waals surface area contributed by atoms with Crippen molar-refractivity contribution in [3.05, 3.63) is 39.9 Å². The number of thiazole rings is 1. The van der Waals surface area contributed by atoms with Gasteiger partial charge in [0, 0.05) is 11.6 Å². The number of nitrogens with one attached hydrogen (secondary N) is 1. The van der Waals surface area contributed by atoms with Crippen molar-refractivity contribution < 1.29 is 28.7 Å².